The van der Waals surface area contributed by atoms with Crippen molar-refractivity contribution >= 4 is 15.9 Å². The largest absolute Gasteiger partial charge is 0.310 e. The summed E-state index contributed by atoms with van der Waals surface area (Å²) in [5, 5.41) is 3.23. The summed E-state index contributed by atoms with van der Waals surface area (Å²) < 4.78 is 28.5. The lowest BCUT2D eigenvalue weighted by Crippen LogP contribution is -2.25. The van der Waals surface area contributed by atoms with E-state index in [-0.39, 0.29) is 11.6 Å². The summed E-state index contributed by atoms with van der Waals surface area (Å²) in [6.07, 6.45) is 5.68. The molecule has 0 spiro atoms. The fourth-order valence-corrected chi connectivity index (χ4v) is 3.42. The molecule has 1 unspecified atom stereocenters. The molecule has 1 N–H and O–H groups in total. The molecule has 1 saturated carbocycles. The van der Waals surface area contributed by atoms with Gasteiger partial charge in [0, 0.05) is 16.1 Å². The van der Waals surface area contributed by atoms with Gasteiger partial charge in [-0.2, -0.15) is 0 Å². The third-order valence-corrected chi connectivity index (χ3v) is 4.34. The number of hydrogen-bond donors (Lipinski definition) is 1. The standard InChI is InChI=1S/C15H20BrF2N/c1-2-19-14(7-10-5-3-4-6-10)15-12(17)8-11(16)9-13(15)18/h8-10,14,19H,2-7H2,1H3. The van der Waals surface area contributed by atoms with Crippen LogP contribution in [-0.4, -0.2) is 6.54 Å². The SMILES string of the molecule is CCNC(CC1CCCC1)c1c(F)cc(Br)cc1F. The third-order valence-electron chi connectivity index (χ3n) is 3.89. The van der Waals surface area contributed by atoms with Crippen molar-refractivity contribution in [3.8, 4) is 0 Å². The number of hydrogen-bond acceptors (Lipinski definition) is 1. The number of benzene rings is 1. The summed E-state index contributed by atoms with van der Waals surface area (Å²) in [6.45, 7) is 2.68. The first-order valence-electron chi connectivity index (χ1n) is 6.99. The Bertz CT molecular complexity index is 407. The molecule has 1 aromatic rings. The molecule has 0 heterocycles. The smallest absolute Gasteiger partial charge is 0.132 e. The molecule has 1 aromatic carbocycles. The third kappa shape index (κ3) is 3.76. The van der Waals surface area contributed by atoms with Crippen LogP contribution in [-0.2, 0) is 0 Å². The lowest BCUT2D eigenvalue weighted by Gasteiger charge is -2.23. The lowest BCUT2D eigenvalue weighted by molar-refractivity contribution is 0.378. The molecule has 0 amide bonds. The molecule has 1 atom stereocenters. The van der Waals surface area contributed by atoms with Gasteiger partial charge in [0.15, 0.2) is 0 Å². The highest BCUT2D eigenvalue weighted by atomic mass is 79.9. The minimum Gasteiger partial charge on any atom is -0.310 e. The number of halogens is 3. The van der Waals surface area contributed by atoms with Crippen LogP contribution in [0.5, 0.6) is 0 Å². The van der Waals surface area contributed by atoms with E-state index in [2.05, 4.69) is 21.2 Å². The Morgan fingerprint density at radius 2 is 1.84 bits per heavy atom. The van der Waals surface area contributed by atoms with Crippen molar-refractivity contribution < 1.29 is 8.78 Å². The fraction of sp³-hybridized carbons (Fsp3) is 0.600. The van der Waals surface area contributed by atoms with E-state index in [1.54, 1.807) is 0 Å². The van der Waals surface area contributed by atoms with Crippen LogP contribution in [0.3, 0.4) is 0 Å². The summed E-state index contributed by atoms with van der Waals surface area (Å²) in [7, 11) is 0. The summed E-state index contributed by atoms with van der Waals surface area (Å²) in [5.41, 5.74) is 0.192. The minimum absolute atomic E-state index is 0.192. The molecule has 0 bridgehead atoms. The van der Waals surface area contributed by atoms with E-state index in [0.29, 0.717) is 16.9 Å². The highest BCUT2D eigenvalue weighted by molar-refractivity contribution is 9.10. The van der Waals surface area contributed by atoms with Crippen LogP contribution in [0.4, 0.5) is 8.78 Å². The first kappa shape index (κ1) is 14.9. The van der Waals surface area contributed by atoms with Gasteiger partial charge < -0.3 is 5.32 Å². The Balaban J connectivity index is 2.22. The van der Waals surface area contributed by atoms with E-state index in [1.807, 2.05) is 6.92 Å². The Labute approximate surface area is 121 Å². The normalized spacial score (nSPS) is 17.9. The molecular weight excluding hydrogens is 312 g/mol. The maximum atomic E-state index is 14.0. The van der Waals surface area contributed by atoms with Crippen LogP contribution < -0.4 is 5.32 Å². The zero-order valence-electron chi connectivity index (χ0n) is 11.2. The van der Waals surface area contributed by atoms with E-state index < -0.39 is 11.6 Å². The minimum atomic E-state index is -0.462. The van der Waals surface area contributed by atoms with Crippen LogP contribution in [0.25, 0.3) is 0 Å². The van der Waals surface area contributed by atoms with Crippen molar-refractivity contribution in [1.82, 2.24) is 5.32 Å². The molecule has 0 aliphatic heterocycles. The van der Waals surface area contributed by atoms with Gasteiger partial charge in [-0.05, 0) is 31.0 Å². The van der Waals surface area contributed by atoms with E-state index in [0.717, 1.165) is 6.42 Å². The zero-order chi connectivity index (χ0) is 13.8. The van der Waals surface area contributed by atoms with Gasteiger partial charge in [0.1, 0.15) is 11.6 Å². The first-order valence-corrected chi connectivity index (χ1v) is 7.79. The molecular formula is C15H20BrF2N. The average Bonchev–Trinajstić information content (AvgIpc) is 2.80. The van der Waals surface area contributed by atoms with Crippen LogP contribution in [0.1, 0.15) is 50.6 Å². The summed E-state index contributed by atoms with van der Waals surface area (Å²) in [5.74, 6) is -0.335. The molecule has 1 nitrogen and oxygen atoms in total. The van der Waals surface area contributed by atoms with E-state index in [9.17, 15) is 8.78 Å². The Hall–Kier alpha value is -0.480. The van der Waals surface area contributed by atoms with Crippen molar-refractivity contribution in [3.63, 3.8) is 0 Å². The second kappa shape index (κ2) is 6.80. The second-order valence-corrected chi connectivity index (χ2v) is 6.20. The first-order chi connectivity index (χ1) is 9.11. The molecule has 2 rings (SSSR count). The van der Waals surface area contributed by atoms with Crippen LogP contribution in [0, 0.1) is 17.6 Å². The molecule has 19 heavy (non-hydrogen) atoms. The van der Waals surface area contributed by atoms with E-state index >= 15 is 0 Å². The summed E-state index contributed by atoms with van der Waals surface area (Å²) in [6, 6.07) is 2.47. The average molecular weight is 332 g/mol. The second-order valence-electron chi connectivity index (χ2n) is 5.28. The molecule has 0 radical (unpaired) electrons. The molecule has 1 aliphatic rings. The van der Waals surface area contributed by atoms with Gasteiger partial charge in [-0.25, -0.2) is 8.78 Å². The Kier molecular flexibility index (Phi) is 5.34. The number of rotatable bonds is 5. The summed E-state index contributed by atoms with van der Waals surface area (Å²) in [4.78, 5) is 0. The van der Waals surface area contributed by atoms with Gasteiger partial charge in [0.25, 0.3) is 0 Å². The topological polar surface area (TPSA) is 12.0 Å². The Morgan fingerprint density at radius 1 is 1.26 bits per heavy atom. The lowest BCUT2D eigenvalue weighted by atomic mass is 9.93. The maximum absolute atomic E-state index is 14.0. The fourth-order valence-electron chi connectivity index (χ4n) is 3.02. The van der Waals surface area contributed by atoms with Crippen LogP contribution >= 0.6 is 15.9 Å². The molecule has 4 heteroatoms. The van der Waals surface area contributed by atoms with Gasteiger partial charge in [-0.3, -0.25) is 0 Å². The van der Waals surface area contributed by atoms with E-state index in [1.165, 1.54) is 37.8 Å². The van der Waals surface area contributed by atoms with Gasteiger partial charge in [0.2, 0.25) is 0 Å². The molecule has 0 aromatic heterocycles. The predicted molar refractivity (Wildman–Crippen MR) is 77.1 cm³/mol. The highest BCUT2D eigenvalue weighted by Crippen LogP contribution is 2.35. The maximum Gasteiger partial charge on any atom is 0.132 e. The molecule has 1 fully saturated rings. The molecule has 0 saturated heterocycles. The van der Waals surface area contributed by atoms with Crippen LogP contribution in [0.15, 0.2) is 16.6 Å². The van der Waals surface area contributed by atoms with Crippen molar-refractivity contribution in [2.75, 3.05) is 6.54 Å². The number of nitrogens with one attached hydrogen (secondary N) is 1. The van der Waals surface area contributed by atoms with Crippen LogP contribution in [0.2, 0.25) is 0 Å². The Morgan fingerprint density at radius 3 is 2.37 bits per heavy atom. The molecule has 1 aliphatic carbocycles. The van der Waals surface area contributed by atoms with E-state index in [4.69, 9.17) is 0 Å². The monoisotopic (exact) mass is 331 g/mol. The zero-order valence-corrected chi connectivity index (χ0v) is 12.8. The quantitative estimate of drug-likeness (QED) is 0.804. The van der Waals surface area contributed by atoms with Crippen molar-refractivity contribution in [2.45, 2.75) is 45.1 Å². The van der Waals surface area contributed by atoms with Crippen molar-refractivity contribution in [2.24, 2.45) is 5.92 Å². The highest BCUT2D eigenvalue weighted by Gasteiger charge is 2.25. The van der Waals surface area contributed by atoms with Gasteiger partial charge >= 0.3 is 0 Å². The van der Waals surface area contributed by atoms with Gasteiger partial charge in [0.05, 0.1) is 0 Å². The molecule has 106 valence electrons. The van der Waals surface area contributed by atoms with Crippen molar-refractivity contribution in [3.05, 3.63) is 33.8 Å². The van der Waals surface area contributed by atoms with Crippen molar-refractivity contribution in [1.29, 1.82) is 0 Å². The summed E-state index contributed by atoms with van der Waals surface area (Å²) >= 11 is 3.12. The van der Waals surface area contributed by atoms with Gasteiger partial charge in [-0.1, -0.05) is 48.5 Å². The predicted octanol–water partition coefficient (Wildman–Crippen LogP) is 4.96. The van der Waals surface area contributed by atoms with Gasteiger partial charge in [-0.15, -0.1) is 0 Å².